The van der Waals surface area contributed by atoms with Crippen molar-refractivity contribution in [3.63, 3.8) is 0 Å². The van der Waals surface area contributed by atoms with Crippen LogP contribution in [0.25, 0.3) is 11.0 Å². The lowest BCUT2D eigenvalue weighted by molar-refractivity contribution is 0.413. The van der Waals surface area contributed by atoms with Crippen LogP contribution in [0.1, 0.15) is 6.92 Å². The van der Waals surface area contributed by atoms with Crippen molar-refractivity contribution in [1.82, 2.24) is 14.3 Å². The Bertz CT molecular complexity index is 819. The molecule has 2 unspecified atom stereocenters. The first kappa shape index (κ1) is 15.0. The minimum atomic E-state index is -3.02. The van der Waals surface area contributed by atoms with Crippen molar-refractivity contribution in [1.29, 1.82) is 0 Å². The van der Waals surface area contributed by atoms with E-state index < -0.39 is 10.0 Å². The van der Waals surface area contributed by atoms with Crippen LogP contribution in [0.4, 0.5) is 5.69 Å². The van der Waals surface area contributed by atoms with Crippen LogP contribution in [0.3, 0.4) is 0 Å². The fourth-order valence-corrected chi connectivity index (χ4v) is 5.15. The molecule has 0 bridgehead atoms. The molecule has 4 rings (SSSR count). The van der Waals surface area contributed by atoms with Crippen LogP contribution in [0, 0.1) is 17.8 Å². The largest absolute Gasteiger partial charge is 0.374 e. The van der Waals surface area contributed by atoms with E-state index in [-0.39, 0.29) is 5.75 Å². The number of piperidine rings is 1. The summed E-state index contributed by atoms with van der Waals surface area (Å²) in [5.74, 6) is 1.87. The van der Waals surface area contributed by atoms with Gasteiger partial charge in [-0.25, -0.2) is 17.7 Å². The summed E-state index contributed by atoms with van der Waals surface area (Å²) in [6.07, 6.45) is 3.74. The molecule has 0 radical (unpaired) electrons. The fourth-order valence-electron chi connectivity index (χ4n) is 3.98. The maximum atomic E-state index is 11.9. The molecule has 124 valence electrons. The molecule has 0 aromatic carbocycles. The van der Waals surface area contributed by atoms with Gasteiger partial charge in [-0.1, -0.05) is 0 Å². The van der Waals surface area contributed by atoms with Crippen LogP contribution in [0.15, 0.2) is 24.5 Å². The number of hydrogen-bond acceptors (Lipinski definition) is 4. The second kappa shape index (κ2) is 5.21. The molecule has 0 amide bonds. The quantitative estimate of drug-likeness (QED) is 0.900. The second-order valence-electron chi connectivity index (χ2n) is 6.66. The minimum absolute atomic E-state index is 0.208. The summed E-state index contributed by atoms with van der Waals surface area (Å²) in [6, 6.07) is 4.10. The topological polar surface area (TPSA) is 69.3 Å². The zero-order valence-electron chi connectivity index (χ0n) is 13.4. The van der Waals surface area contributed by atoms with Gasteiger partial charge in [0.15, 0.2) is 0 Å². The normalized spacial score (nSPS) is 27.3. The maximum absolute atomic E-state index is 11.9. The van der Waals surface area contributed by atoms with E-state index in [1.165, 1.54) is 5.69 Å². The highest BCUT2D eigenvalue weighted by Gasteiger charge is 2.57. The van der Waals surface area contributed by atoms with E-state index in [1.807, 2.05) is 18.5 Å². The highest BCUT2D eigenvalue weighted by molar-refractivity contribution is 7.89. The molecule has 2 aromatic heterocycles. The number of rotatable bonds is 5. The van der Waals surface area contributed by atoms with E-state index in [2.05, 4.69) is 28.0 Å². The third kappa shape index (κ3) is 2.42. The van der Waals surface area contributed by atoms with E-state index in [0.717, 1.165) is 17.6 Å². The molecular formula is C16H22N4O2S. The number of anilines is 1. The van der Waals surface area contributed by atoms with Gasteiger partial charge in [0, 0.05) is 50.1 Å². The molecule has 1 saturated carbocycles. The highest BCUT2D eigenvalue weighted by atomic mass is 32.2. The van der Waals surface area contributed by atoms with Gasteiger partial charge in [0.25, 0.3) is 0 Å². The predicted octanol–water partition coefficient (Wildman–Crippen LogP) is 1.53. The summed E-state index contributed by atoms with van der Waals surface area (Å²) in [7, 11) is -0.911. The predicted molar refractivity (Wildman–Crippen MR) is 90.9 cm³/mol. The molecule has 1 N–H and O–H groups in total. The van der Waals surface area contributed by atoms with E-state index in [4.69, 9.17) is 0 Å². The molecule has 1 saturated heterocycles. The van der Waals surface area contributed by atoms with Crippen molar-refractivity contribution in [3.8, 4) is 0 Å². The summed E-state index contributed by atoms with van der Waals surface area (Å²) in [5, 5.41) is 1.14. The van der Waals surface area contributed by atoms with Crippen LogP contribution >= 0.6 is 0 Å². The lowest BCUT2D eigenvalue weighted by Crippen LogP contribution is -2.34. The summed E-state index contributed by atoms with van der Waals surface area (Å²) in [5.41, 5.74) is 2.09. The summed E-state index contributed by atoms with van der Waals surface area (Å²) in [4.78, 5) is 9.75. The van der Waals surface area contributed by atoms with E-state index in [9.17, 15) is 8.42 Å². The third-order valence-corrected chi connectivity index (χ3v) is 7.24. The summed E-state index contributed by atoms with van der Waals surface area (Å²) in [6.45, 7) is 4.10. The van der Waals surface area contributed by atoms with Crippen LogP contribution < -0.4 is 4.90 Å². The van der Waals surface area contributed by atoms with Gasteiger partial charge >= 0.3 is 0 Å². The molecule has 2 aromatic rings. The Morgan fingerprint density at radius 1 is 1.35 bits per heavy atom. The standard InChI is InChI=1S/C16H22N4O2S/c1-3-23(21,22)20-9-13-12(14(13)10-20)8-19(2)15-5-7-18-16-11(15)4-6-17-16/h4-7,12-14H,3,8-10H2,1-2H3,(H,17,18)/t12?,13-,14?/m0/s1. The molecule has 2 aliphatic rings. The Morgan fingerprint density at radius 2 is 2.09 bits per heavy atom. The van der Waals surface area contributed by atoms with Gasteiger partial charge in [0.1, 0.15) is 5.65 Å². The first-order chi connectivity index (χ1) is 11.0. The first-order valence-corrected chi connectivity index (χ1v) is 9.73. The lowest BCUT2D eigenvalue weighted by atomic mass is 10.2. The van der Waals surface area contributed by atoms with Crippen molar-refractivity contribution >= 4 is 26.7 Å². The molecule has 7 heteroatoms. The number of hydrogen-bond donors (Lipinski definition) is 1. The van der Waals surface area contributed by atoms with Crippen molar-refractivity contribution in [2.75, 3.05) is 37.3 Å². The van der Waals surface area contributed by atoms with E-state index >= 15 is 0 Å². The lowest BCUT2D eigenvalue weighted by Gasteiger charge is -2.23. The monoisotopic (exact) mass is 334 g/mol. The maximum Gasteiger partial charge on any atom is 0.213 e. The van der Waals surface area contributed by atoms with E-state index in [0.29, 0.717) is 30.8 Å². The molecule has 1 aliphatic heterocycles. The first-order valence-electron chi connectivity index (χ1n) is 8.12. The van der Waals surface area contributed by atoms with Gasteiger partial charge in [-0.15, -0.1) is 0 Å². The number of nitrogens with one attached hydrogen (secondary N) is 1. The number of fused-ring (bicyclic) bond motifs is 2. The SMILES string of the molecule is CCS(=O)(=O)N1CC2C(CN(C)c3ccnc4[nH]ccc34)[C@@H]2C1. The van der Waals surface area contributed by atoms with Crippen LogP contribution in [0.2, 0.25) is 0 Å². The number of pyridine rings is 1. The van der Waals surface area contributed by atoms with Gasteiger partial charge < -0.3 is 9.88 Å². The van der Waals surface area contributed by atoms with Crippen molar-refractivity contribution in [3.05, 3.63) is 24.5 Å². The van der Waals surface area contributed by atoms with Gasteiger partial charge in [0.05, 0.1) is 5.75 Å². The van der Waals surface area contributed by atoms with Crippen molar-refractivity contribution < 1.29 is 8.42 Å². The number of nitrogens with zero attached hydrogens (tertiary/aromatic N) is 3. The zero-order valence-corrected chi connectivity index (χ0v) is 14.3. The Morgan fingerprint density at radius 3 is 2.78 bits per heavy atom. The smallest absolute Gasteiger partial charge is 0.213 e. The van der Waals surface area contributed by atoms with E-state index in [1.54, 1.807) is 11.2 Å². The number of H-pyrrole nitrogens is 1. The van der Waals surface area contributed by atoms with Crippen molar-refractivity contribution in [2.45, 2.75) is 6.92 Å². The molecule has 3 atom stereocenters. The van der Waals surface area contributed by atoms with Crippen molar-refractivity contribution in [2.24, 2.45) is 17.8 Å². The Labute approximate surface area is 136 Å². The molecule has 23 heavy (non-hydrogen) atoms. The van der Waals surface area contributed by atoms with Crippen LogP contribution in [-0.4, -0.2) is 55.1 Å². The number of aromatic amines is 1. The molecule has 6 nitrogen and oxygen atoms in total. The Balaban J connectivity index is 1.43. The average Bonchev–Trinajstić information content (AvgIpc) is 2.97. The highest BCUT2D eigenvalue weighted by Crippen LogP contribution is 2.52. The molecular weight excluding hydrogens is 312 g/mol. The average molecular weight is 334 g/mol. The van der Waals surface area contributed by atoms with Crippen LogP contribution in [-0.2, 0) is 10.0 Å². The zero-order chi connectivity index (χ0) is 16.2. The van der Waals surface area contributed by atoms with Crippen LogP contribution in [0.5, 0.6) is 0 Å². The van der Waals surface area contributed by atoms with Gasteiger partial charge in [0.2, 0.25) is 10.0 Å². The van der Waals surface area contributed by atoms with Gasteiger partial charge in [-0.3, -0.25) is 0 Å². The minimum Gasteiger partial charge on any atom is -0.374 e. The summed E-state index contributed by atoms with van der Waals surface area (Å²) >= 11 is 0. The molecule has 1 aliphatic carbocycles. The Hall–Kier alpha value is -1.60. The van der Waals surface area contributed by atoms with Gasteiger partial charge in [-0.2, -0.15) is 0 Å². The Kier molecular flexibility index (Phi) is 3.39. The fraction of sp³-hybridized carbons (Fsp3) is 0.562. The summed E-state index contributed by atoms with van der Waals surface area (Å²) < 4.78 is 25.6. The second-order valence-corrected chi connectivity index (χ2v) is 8.92. The number of sulfonamides is 1. The van der Waals surface area contributed by atoms with Gasteiger partial charge in [-0.05, 0) is 36.8 Å². The molecule has 0 spiro atoms. The molecule has 3 heterocycles. The molecule has 2 fully saturated rings. The third-order valence-electron chi connectivity index (χ3n) is 5.43. The number of aromatic nitrogens is 2.